The maximum Gasteiger partial charge on any atom is 0.422 e. The fraction of sp³-hybridized carbons (Fsp3) is 0.250. The molecule has 0 amide bonds. The van der Waals surface area contributed by atoms with E-state index in [2.05, 4.69) is 9.72 Å². The van der Waals surface area contributed by atoms with E-state index >= 15 is 0 Å². The Bertz CT molecular complexity index is 704. The fourth-order valence-electron chi connectivity index (χ4n) is 1.74. The van der Waals surface area contributed by atoms with Crippen molar-refractivity contribution in [1.82, 2.24) is 4.98 Å². The van der Waals surface area contributed by atoms with Gasteiger partial charge in [0.25, 0.3) is 0 Å². The highest BCUT2D eigenvalue weighted by Gasteiger charge is 2.29. The lowest BCUT2D eigenvalue weighted by Crippen LogP contribution is -2.20. The Balaban J connectivity index is 2.13. The smallest absolute Gasteiger partial charge is 0.422 e. The van der Waals surface area contributed by atoms with Gasteiger partial charge in [-0.25, -0.2) is 9.78 Å². The summed E-state index contributed by atoms with van der Waals surface area (Å²) in [6.07, 6.45) is -3.12. The Hall–Kier alpha value is -2.77. The van der Waals surface area contributed by atoms with Crippen molar-refractivity contribution in [1.29, 1.82) is 0 Å². The Morgan fingerprint density at radius 3 is 2.50 bits per heavy atom. The van der Waals surface area contributed by atoms with Gasteiger partial charge in [0.2, 0.25) is 5.88 Å². The van der Waals surface area contributed by atoms with Crippen molar-refractivity contribution >= 4 is 5.97 Å². The Morgan fingerprint density at radius 1 is 1.12 bits per heavy atom. The minimum atomic E-state index is -4.49. The van der Waals surface area contributed by atoms with Gasteiger partial charge in [-0.1, -0.05) is 12.1 Å². The van der Waals surface area contributed by atoms with Crippen molar-refractivity contribution < 1.29 is 32.2 Å². The van der Waals surface area contributed by atoms with Crippen LogP contribution in [0, 0.1) is 0 Å². The molecule has 24 heavy (non-hydrogen) atoms. The normalized spacial score (nSPS) is 11.0. The number of ether oxygens (including phenoxy) is 3. The SMILES string of the molecule is CCOc1cc(C(=O)Oc2ccccc2OCC(F)(F)F)ccn1. The molecule has 1 heterocycles. The minimum Gasteiger partial charge on any atom is -0.480 e. The van der Waals surface area contributed by atoms with E-state index in [4.69, 9.17) is 9.47 Å². The molecule has 0 aliphatic rings. The van der Waals surface area contributed by atoms with Gasteiger partial charge in [0, 0.05) is 12.3 Å². The van der Waals surface area contributed by atoms with Crippen LogP contribution < -0.4 is 14.2 Å². The number of carbonyl (C=O) groups is 1. The number of para-hydroxylation sites is 2. The van der Waals surface area contributed by atoms with E-state index in [1.807, 2.05) is 0 Å². The molecule has 8 heteroatoms. The zero-order valence-corrected chi connectivity index (χ0v) is 12.7. The molecule has 0 fully saturated rings. The standard InChI is InChI=1S/C16H14F3NO4/c1-2-22-14-9-11(7-8-20-14)15(21)24-13-6-4-3-5-12(13)23-10-16(17,18)19/h3-9H,2,10H2,1H3. The average Bonchev–Trinajstić information content (AvgIpc) is 2.54. The van der Waals surface area contributed by atoms with Gasteiger partial charge < -0.3 is 14.2 Å². The molecule has 0 atom stereocenters. The maximum absolute atomic E-state index is 12.3. The van der Waals surface area contributed by atoms with Crippen LogP contribution in [0.25, 0.3) is 0 Å². The molecule has 0 radical (unpaired) electrons. The number of halogens is 3. The van der Waals surface area contributed by atoms with Crippen LogP contribution in [0.5, 0.6) is 17.4 Å². The number of esters is 1. The van der Waals surface area contributed by atoms with Crippen LogP contribution in [-0.2, 0) is 0 Å². The molecular formula is C16H14F3NO4. The molecule has 0 aliphatic heterocycles. The number of hydrogen-bond donors (Lipinski definition) is 0. The van der Waals surface area contributed by atoms with Crippen molar-refractivity contribution in [2.24, 2.45) is 0 Å². The number of rotatable bonds is 6. The molecule has 1 aromatic heterocycles. The van der Waals surface area contributed by atoms with Crippen LogP contribution in [0.15, 0.2) is 42.6 Å². The zero-order valence-electron chi connectivity index (χ0n) is 12.7. The van der Waals surface area contributed by atoms with Gasteiger partial charge in [0.15, 0.2) is 18.1 Å². The van der Waals surface area contributed by atoms with Gasteiger partial charge in [0.05, 0.1) is 12.2 Å². The minimum absolute atomic E-state index is 0.110. The second-order valence-electron chi connectivity index (χ2n) is 4.56. The molecule has 0 spiro atoms. The van der Waals surface area contributed by atoms with Crippen molar-refractivity contribution in [2.75, 3.05) is 13.2 Å². The highest BCUT2D eigenvalue weighted by Crippen LogP contribution is 2.29. The van der Waals surface area contributed by atoms with Crippen LogP contribution in [0.1, 0.15) is 17.3 Å². The number of benzene rings is 1. The number of alkyl halides is 3. The Kier molecular flexibility index (Phi) is 5.62. The predicted molar refractivity (Wildman–Crippen MR) is 78.4 cm³/mol. The van der Waals surface area contributed by atoms with E-state index in [9.17, 15) is 18.0 Å². The lowest BCUT2D eigenvalue weighted by atomic mass is 10.2. The van der Waals surface area contributed by atoms with Gasteiger partial charge in [-0.2, -0.15) is 13.2 Å². The predicted octanol–water partition coefficient (Wildman–Crippen LogP) is 3.64. The van der Waals surface area contributed by atoms with Crippen molar-refractivity contribution in [3.63, 3.8) is 0 Å². The lowest BCUT2D eigenvalue weighted by Gasteiger charge is -2.13. The van der Waals surface area contributed by atoms with E-state index in [-0.39, 0.29) is 22.9 Å². The molecule has 0 N–H and O–H groups in total. The number of hydrogen-bond acceptors (Lipinski definition) is 5. The average molecular weight is 341 g/mol. The third kappa shape index (κ3) is 5.15. The third-order valence-corrected chi connectivity index (χ3v) is 2.71. The number of carbonyl (C=O) groups excluding carboxylic acids is 1. The van der Waals surface area contributed by atoms with E-state index < -0.39 is 18.8 Å². The summed E-state index contributed by atoms with van der Waals surface area (Å²) in [4.78, 5) is 16.1. The van der Waals surface area contributed by atoms with Gasteiger partial charge in [0.1, 0.15) is 0 Å². The summed E-state index contributed by atoms with van der Waals surface area (Å²) in [7, 11) is 0. The molecule has 0 bridgehead atoms. The maximum atomic E-state index is 12.3. The number of aromatic nitrogens is 1. The molecule has 0 saturated heterocycles. The Morgan fingerprint density at radius 2 is 1.83 bits per heavy atom. The van der Waals surface area contributed by atoms with Gasteiger partial charge in [-0.3, -0.25) is 0 Å². The molecule has 1 aromatic carbocycles. The largest absolute Gasteiger partial charge is 0.480 e. The first-order valence-corrected chi connectivity index (χ1v) is 6.98. The summed E-state index contributed by atoms with van der Waals surface area (Å²) in [5.74, 6) is -0.807. The topological polar surface area (TPSA) is 57.7 Å². The van der Waals surface area contributed by atoms with Gasteiger partial charge >= 0.3 is 12.1 Å². The zero-order chi connectivity index (χ0) is 17.6. The van der Waals surface area contributed by atoms with E-state index in [0.29, 0.717) is 6.61 Å². The van der Waals surface area contributed by atoms with E-state index in [1.165, 1.54) is 42.6 Å². The highest BCUT2D eigenvalue weighted by atomic mass is 19.4. The Labute approximate surface area is 136 Å². The van der Waals surface area contributed by atoms with E-state index in [0.717, 1.165) is 0 Å². The molecule has 2 aromatic rings. The lowest BCUT2D eigenvalue weighted by molar-refractivity contribution is -0.153. The number of nitrogens with zero attached hydrogens (tertiary/aromatic N) is 1. The highest BCUT2D eigenvalue weighted by molar-refractivity contribution is 5.91. The quantitative estimate of drug-likeness (QED) is 0.593. The molecule has 0 unspecified atom stereocenters. The second-order valence-corrected chi connectivity index (χ2v) is 4.56. The van der Waals surface area contributed by atoms with Gasteiger partial charge in [-0.15, -0.1) is 0 Å². The van der Waals surface area contributed by atoms with Crippen LogP contribution in [-0.4, -0.2) is 30.3 Å². The summed E-state index contributed by atoms with van der Waals surface area (Å²) in [5, 5.41) is 0. The molecule has 2 rings (SSSR count). The first-order chi connectivity index (χ1) is 11.4. The monoisotopic (exact) mass is 341 g/mol. The molecule has 128 valence electrons. The van der Waals surface area contributed by atoms with Crippen molar-refractivity contribution in [3.05, 3.63) is 48.2 Å². The molecule has 0 saturated carbocycles. The van der Waals surface area contributed by atoms with Gasteiger partial charge in [-0.05, 0) is 25.1 Å². The number of pyridine rings is 1. The van der Waals surface area contributed by atoms with E-state index in [1.54, 1.807) is 6.92 Å². The molecule has 0 aliphatic carbocycles. The van der Waals surface area contributed by atoms with Crippen molar-refractivity contribution in [2.45, 2.75) is 13.1 Å². The molecule has 5 nitrogen and oxygen atoms in total. The van der Waals surface area contributed by atoms with Crippen LogP contribution in [0.4, 0.5) is 13.2 Å². The summed E-state index contributed by atoms with van der Waals surface area (Å²) >= 11 is 0. The summed E-state index contributed by atoms with van der Waals surface area (Å²) in [6.45, 7) is 0.659. The third-order valence-electron chi connectivity index (χ3n) is 2.71. The first kappa shape index (κ1) is 17.6. The van der Waals surface area contributed by atoms with Crippen molar-refractivity contribution in [3.8, 4) is 17.4 Å². The molecular weight excluding hydrogens is 327 g/mol. The summed E-state index contributed by atoms with van der Waals surface area (Å²) in [6, 6.07) is 8.40. The van der Waals surface area contributed by atoms with Crippen LogP contribution >= 0.6 is 0 Å². The summed E-state index contributed by atoms with van der Waals surface area (Å²) in [5.41, 5.74) is 0.152. The summed E-state index contributed by atoms with van der Waals surface area (Å²) < 4.78 is 51.7. The van der Waals surface area contributed by atoms with Crippen LogP contribution in [0.3, 0.4) is 0 Å². The van der Waals surface area contributed by atoms with Crippen LogP contribution in [0.2, 0.25) is 0 Å². The fourth-order valence-corrected chi connectivity index (χ4v) is 1.74. The second kappa shape index (κ2) is 7.67. The first-order valence-electron chi connectivity index (χ1n) is 6.98.